The number of anilines is 2. The third-order valence-electron chi connectivity index (χ3n) is 7.04. The number of rotatable bonds is 7. The van der Waals surface area contributed by atoms with E-state index in [1.165, 1.54) is 0 Å². The summed E-state index contributed by atoms with van der Waals surface area (Å²) in [5.74, 6) is 1.62. The second-order valence-corrected chi connectivity index (χ2v) is 10.6. The van der Waals surface area contributed by atoms with Crippen LogP contribution in [-0.2, 0) is 0 Å². The van der Waals surface area contributed by atoms with Gasteiger partial charge >= 0.3 is 0 Å². The SMILES string of the molecule is Cc1nc(NCC2(O)CCCC2)nc(NC2CCC(CO)C2)c1-c1nc2c(C)nccc2s1. The van der Waals surface area contributed by atoms with Crippen molar-refractivity contribution in [1.29, 1.82) is 0 Å². The molecule has 3 aromatic rings. The molecule has 2 unspecified atom stereocenters. The van der Waals surface area contributed by atoms with Crippen molar-refractivity contribution < 1.29 is 10.2 Å². The lowest BCUT2D eigenvalue weighted by Gasteiger charge is -2.23. The van der Waals surface area contributed by atoms with Gasteiger partial charge in [-0.25, -0.2) is 9.97 Å². The highest BCUT2D eigenvalue weighted by Crippen LogP contribution is 2.38. The molecule has 2 saturated carbocycles. The molecule has 3 heterocycles. The number of pyridine rings is 1. The average molecular weight is 469 g/mol. The fraction of sp³-hybridized carbons (Fsp3) is 0.583. The molecule has 2 fully saturated rings. The van der Waals surface area contributed by atoms with E-state index in [0.29, 0.717) is 18.4 Å². The van der Waals surface area contributed by atoms with Gasteiger partial charge in [0.05, 0.1) is 27.3 Å². The highest BCUT2D eigenvalue weighted by atomic mass is 32.1. The fourth-order valence-electron chi connectivity index (χ4n) is 5.12. The topological polar surface area (TPSA) is 116 Å². The van der Waals surface area contributed by atoms with Crippen molar-refractivity contribution in [2.45, 2.75) is 70.4 Å². The smallest absolute Gasteiger partial charge is 0.225 e. The first-order chi connectivity index (χ1) is 15.9. The number of aliphatic hydroxyl groups excluding tert-OH is 1. The molecule has 0 amide bonds. The molecule has 9 heteroatoms. The molecule has 2 atom stereocenters. The monoisotopic (exact) mass is 468 g/mol. The van der Waals surface area contributed by atoms with E-state index in [4.69, 9.17) is 15.0 Å². The summed E-state index contributed by atoms with van der Waals surface area (Å²) in [6.07, 6.45) is 8.49. The number of hydrogen-bond acceptors (Lipinski definition) is 9. The minimum atomic E-state index is -0.680. The first kappa shape index (κ1) is 22.4. The summed E-state index contributed by atoms with van der Waals surface area (Å²) in [6.45, 7) is 4.64. The summed E-state index contributed by atoms with van der Waals surface area (Å²) in [5, 5.41) is 28.1. The van der Waals surface area contributed by atoms with Crippen molar-refractivity contribution >= 4 is 33.3 Å². The van der Waals surface area contributed by atoms with E-state index >= 15 is 0 Å². The van der Waals surface area contributed by atoms with Gasteiger partial charge < -0.3 is 20.8 Å². The Kier molecular flexibility index (Phi) is 6.20. The molecular formula is C24H32N6O2S. The van der Waals surface area contributed by atoms with Crippen molar-refractivity contribution in [2.24, 2.45) is 5.92 Å². The Morgan fingerprint density at radius 1 is 1.12 bits per heavy atom. The molecule has 4 N–H and O–H groups in total. The van der Waals surface area contributed by atoms with Crippen molar-refractivity contribution in [3.05, 3.63) is 23.7 Å². The highest BCUT2D eigenvalue weighted by molar-refractivity contribution is 7.21. The third kappa shape index (κ3) is 4.67. The van der Waals surface area contributed by atoms with Gasteiger partial charge in [-0.1, -0.05) is 12.8 Å². The Morgan fingerprint density at radius 2 is 1.94 bits per heavy atom. The number of nitrogens with zero attached hydrogens (tertiary/aromatic N) is 4. The zero-order chi connectivity index (χ0) is 23.0. The van der Waals surface area contributed by atoms with E-state index in [-0.39, 0.29) is 12.6 Å². The first-order valence-electron chi connectivity index (χ1n) is 11.9. The van der Waals surface area contributed by atoms with Crippen LogP contribution >= 0.6 is 11.3 Å². The molecule has 0 aromatic carbocycles. The van der Waals surface area contributed by atoms with Crippen molar-refractivity contribution in [3.63, 3.8) is 0 Å². The molecule has 0 saturated heterocycles. The Hall–Kier alpha value is -2.36. The van der Waals surface area contributed by atoms with E-state index < -0.39 is 5.60 Å². The molecular weight excluding hydrogens is 436 g/mol. The summed E-state index contributed by atoms with van der Waals surface area (Å²) < 4.78 is 1.09. The van der Waals surface area contributed by atoms with E-state index in [9.17, 15) is 10.2 Å². The molecule has 176 valence electrons. The van der Waals surface area contributed by atoms with Crippen molar-refractivity contribution in [3.8, 4) is 10.6 Å². The molecule has 0 bridgehead atoms. The minimum Gasteiger partial charge on any atom is -0.396 e. The maximum Gasteiger partial charge on any atom is 0.225 e. The van der Waals surface area contributed by atoms with Gasteiger partial charge in [-0.05, 0) is 57.9 Å². The van der Waals surface area contributed by atoms with Crippen LogP contribution in [0.4, 0.5) is 11.8 Å². The Balaban J connectivity index is 1.49. The third-order valence-corrected chi connectivity index (χ3v) is 8.08. The summed E-state index contributed by atoms with van der Waals surface area (Å²) in [5.41, 5.74) is 2.89. The molecule has 8 nitrogen and oxygen atoms in total. The van der Waals surface area contributed by atoms with E-state index in [1.54, 1.807) is 11.3 Å². The van der Waals surface area contributed by atoms with Gasteiger partial charge in [0.2, 0.25) is 5.95 Å². The van der Waals surface area contributed by atoms with E-state index in [2.05, 4.69) is 15.6 Å². The predicted octanol–water partition coefficient (Wildman–Crippen LogP) is 4.06. The molecule has 2 aliphatic carbocycles. The van der Waals surface area contributed by atoms with Crippen molar-refractivity contribution in [1.82, 2.24) is 19.9 Å². The number of fused-ring (bicyclic) bond motifs is 1. The number of aromatic nitrogens is 4. The largest absolute Gasteiger partial charge is 0.396 e. The summed E-state index contributed by atoms with van der Waals surface area (Å²) >= 11 is 1.62. The quantitative estimate of drug-likeness (QED) is 0.410. The van der Waals surface area contributed by atoms with Crippen LogP contribution in [0.1, 0.15) is 56.3 Å². The normalized spacial score (nSPS) is 22.2. The fourth-order valence-corrected chi connectivity index (χ4v) is 6.23. The van der Waals surface area contributed by atoms with E-state index in [0.717, 1.165) is 82.9 Å². The second kappa shape index (κ2) is 9.12. The lowest BCUT2D eigenvalue weighted by atomic mass is 10.0. The number of aliphatic hydroxyl groups is 2. The van der Waals surface area contributed by atoms with Gasteiger partial charge in [0.15, 0.2) is 0 Å². The maximum absolute atomic E-state index is 10.7. The zero-order valence-electron chi connectivity index (χ0n) is 19.3. The molecule has 0 radical (unpaired) electrons. The van der Waals surface area contributed by atoms with Gasteiger partial charge in [-0.15, -0.1) is 11.3 Å². The Bertz CT molecular complexity index is 1140. The van der Waals surface area contributed by atoms with Crippen LogP contribution in [0.5, 0.6) is 0 Å². The van der Waals surface area contributed by atoms with E-state index in [1.807, 2.05) is 26.1 Å². The van der Waals surface area contributed by atoms with Crippen LogP contribution in [-0.4, -0.2) is 54.9 Å². The second-order valence-electron chi connectivity index (χ2n) is 9.61. The minimum absolute atomic E-state index is 0.226. The van der Waals surface area contributed by atoms with Gasteiger partial charge in [-0.3, -0.25) is 4.98 Å². The predicted molar refractivity (Wildman–Crippen MR) is 132 cm³/mol. The summed E-state index contributed by atoms with van der Waals surface area (Å²) in [7, 11) is 0. The van der Waals surface area contributed by atoms with Crippen LogP contribution in [0.25, 0.3) is 20.8 Å². The number of nitrogens with one attached hydrogen (secondary N) is 2. The van der Waals surface area contributed by atoms with Crippen LogP contribution < -0.4 is 10.6 Å². The van der Waals surface area contributed by atoms with Crippen LogP contribution in [0.15, 0.2) is 12.3 Å². The lowest BCUT2D eigenvalue weighted by Crippen LogP contribution is -2.34. The molecule has 3 aromatic heterocycles. The Morgan fingerprint density at radius 3 is 2.67 bits per heavy atom. The zero-order valence-corrected chi connectivity index (χ0v) is 20.1. The number of hydrogen-bond donors (Lipinski definition) is 4. The molecule has 33 heavy (non-hydrogen) atoms. The number of aryl methyl sites for hydroxylation is 2. The Labute approximate surface area is 197 Å². The molecule has 5 rings (SSSR count). The molecule has 0 aliphatic heterocycles. The molecule has 2 aliphatic rings. The van der Waals surface area contributed by atoms with Gasteiger partial charge in [0, 0.05) is 25.4 Å². The van der Waals surface area contributed by atoms with Crippen LogP contribution in [0.3, 0.4) is 0 Å². The molecule has 0 spiro atoms. The standard InChI is InChI=1S/C24H32N6O2S/c1-14-19(22-29-20-15(2)25-10-7-18(20)33-22)21(28-17-6-5-16(11-17)12-31)30-23(27-14)26-13-24(32)8-3-4-9-24/h7,10,16-17,31-32H,3-6,8-9,11-13H2,1-2H3,(H2,26,27,28,30). The van der Waals surface area contributed by atoms with Crippen molar-refractivity contribution in [2.75, 3.05) is 23.8 Å². The van der Waals surface area contributed by atoms with Gasteiger partial charge in [0.25, 0.3) is 0 Å². The first-order valence-corrected chi connectivity index (χ1v) is 12.7. The summed E-state index contributed by atoms with van der Waals surface area (Å²) in [6, 6.07) is 2.24. The maximum atomic E-state index is 10.7. The number of thiazole rings is 1. The van der Waals surface area contributed by atoms with Crippen LogP contribution in [0, 0.1) is 19.8 Å². The summed E-state index contributed by atoms with van der Waals surface area (Å²) in [4.78, 5) is 18.9. The lowest BCUT2D eigenvalue weighted by molar-refractivity contribution is 0.0613. The van der Waals surface area contributed by atoms with Gasteiger partial charge in [-0.2, -0.15) is 4.98 Å². The average Bonchev–Trinajstić information content (AvgIpc) is 3.53. The van der Waals surface area contributed by atoms with Crippen LogP contribution in [0.2, 0.25) is 0 Å². The highest BCUT2D eigenvalue weighted by Gasteiger charge is 2.31. The van der Waals surface area contributed by atoms with Gasteiger partial charge in [0.1, 0.15) is 16.3 Å².